The normalized spacial score (nSPS) is 15.2. The molecule has 0 bridgehead atoms. The van der Waals surface area contributed by atoms with Crippen LogP contribution in [0.1, 0.15) is 56.0 Å². The van der Waals surface area contributed by atoms with E-state index in [4.69, 9.17) is 14.5 Å². The summed E-state index contributed by atoms with van der Waals surface area (Å²) in [5, 5.41) is 3.04. The van der Waals surface area contributed by atoms with Crippen LogP contribution in [0.5, 0.6) is 11.5 Å². The zero-order chi connectivity index (χ0) is 30.2. The maximum absolute atomic E-state index is 14.1. The van der Waals surface area contributed by atoms with Gasteiger partial charge >= 0.3 is 0 Å². The second kappa shape index (κ2) is 11.4. The second-order valence-corrected chi connectivity index (χ2v) is 12.3. The summed E-state index contributed by atoms with van der Waals surface area (Å²) in [6.45, 7) is 10.3. The number of nitrogens with one attached hydrogen (secondary N) is 1. The number of nitrogens with zero attached hydrogens (tertiary/aromatic N) is 2. The zero-order valence-electron chi connectivity index (χ0n) is 24.9. The van der Waals surface area contributed by atoms with E-state index in [1.165, 1.54) is 16.9 Å². The minimum absolute atomic E-state index is 0.0318. The van der Waals surface area contributed by atoms with Crippen molar-refractivity contribution in [3.05, 3.63) is 120 Å². The quantitative estimate of drug-likeness (QED) is 0.326. The van der Waals surface area contributed by atoms with Gasteiger partial charge in [0.1, 0.15) is 0 Å². The molecular formula is C34H35N3O4S. The Bertz CT molecular complexity index is 1880. The minimum Gasteiger partial charge on any atom is -0.493 e. The SMILES string of the molecule is COc1ccc(C2C(C(=O)Nc3ccccc3C)=C(C)N=c3s/c(=C\c4ccc(C(C)(C)C)cc4)c(=O)n32)cc1OC. The van der Waals surface area contributed by atoms with Crippen molar-refractivity contribution >= 4 is 29.0 Å². The van der Waals surface area contributed by atoms with E-state index in [9.17, 15) is 9.59 Å². The average Bonchev–Trinajstić information content (AvgIpc) is 3.26. The van der Waals surface area contributed by atoms with E-state index in [1.54, 1.807) is 24.9 Å². The van der Waals surface area contributed by atoms with Gasteiger partial charge in [-0.1, -0.05) is 80.6 Å². The summed E-state index contributed by atoms with van der Waals surface area (Å²) >= 11 is 1.31. The van der Waals surface area contributed by atoms with Crippen LogP contribution in [0.2, 0.25) is 0 Å². The molecule has 1 atom stereocenters. The topological polar surface area (TPSA) is 81.9 Å². The lowest BCUT2D eigenvalue weighted by molar-refractivity contribution is -0.113. The number of rotatable bonds is 6. The smallest absolute Gasteiger partial charge is 0.271 e. The van der Waals surface area contributed by atoms with Gasteiger partial charge in [0.15, 0.2) is 16.3 Å². The fraction of sp³-hybridized carbons (Fsp3) is 0.265. The molecule has 1 unspecified atom stereocenters. The number of anilines is 1. The summed E-state index contributed by atoms with van der Waals surface area (Å²) in [6.07, 6.45) is 1.88. The molecule has 0 radical (unpaired) electrons. The minimum atomic E-state index is -0.726. The predicted molar refractivity (Wildman–Crippen MR) is 168 cm³/mol. The number of para-hydroxylation sites is 1. The van der Waals surface area contributed by atoms with Crippen molar-refractivity contribution in [1.82, 2.24) is 4.57 Å². The molecular weight excluding hydrogens is 546 g/mol. The van der Waals surface area contributed by atoms with Gasteiger partial charge < -0.3 is 14.8 Å². The number of aryl methyl sites for hydroxylation is 1. The first-order valence-corrected chi connectivity index (χ1v) is 14.6. The summed E-state index contributed by atoms with van der Waals surface area (Å²) in [5.74, 6) is 0.737. The van der Waals surface area contributed by atoms with Crippen molar-refractivity contribution in [2.24, 2.45) is 4.99 Å². The van der Waals surface area contributed by atoms with Gasteiger partial charge in [0.25, 0.3) is 11.5 Å². The van der Waals surface area contributed by atoms with E-state index in [0.717, 1.165) is 11.1 Å². The number of allylic oxidation sites excluding steroid dienone is 1. The standard InChI is InChI=1S/C34H35N3O4S/c1-20-10-8-9-11-25(20)36-31(38)29-21(2)35-33-37(30(29)23-14-17-26(40-6)27(19-23)41-7)32(39)28(42-33)18-22-12-15-24(16-13-22)34(3,4)5/h8-19,30H,1-7H3,(H,36,38)/b28-18-. The lowest BCUT2D eigenvalue weighted by Crippen LogP contribution is -2.40. The number of carbonyl (C=O) groups excluding carboxylic acids is 1. The highest BCUT2D eigenvalue weighted by molar-refractivity contribution is 7.07. The van der Waals surface area contributed by atoms with E-state index in [-0.39, 0.29) is 16.9 Å². The molecule has 42 heavy (non-hydrogen) atoms. The van der Waals surface area contributed by atoms with Crippen molar-refractivity contribution in [2.45, 2.75) is 46.1 Å². The van der Waals surface area contributed by atoms with Crippen LogP contribution in [0.25, 0.3) is 6.08 Å². The van der Waals surface area contributed by atoms with E-state index in [0.29, 0.717) is 43.4 Å². The predicted octanol–water partition coefficient (Wildman–Crippen LogP) is 5.50. The molecule has 1 aliphatic heterocycles. The summed E-state index contributed by atoms with van der Waals surface area (Å²) in [6, 6.07) is 20.5. The summed E-state index contributed by atoms with van der Waals surface area (Å²) in [5.41, 5.74) is 5.23. The van der Waals surface area contributed by atoms with Crippen molar-refractivity contribution < 1.29 is 14.3 Å². The van der Waals surface area contributed by atoms with Gasteiger partial charge in [-0.2, -0.15) is 0 Å². The monoisotopic (exact) mass is 581 g/mol. The molecule has 8 heteroatoms. The van der Waals surface area contributed by atoms with Gasteiger partial charge in [0, 0.05) is 5.69 Å². The molecule has 0 fully saturated rings. The Kier molecular flexibility index (Phi) is 7.93. The third-order valence-electron chi connectivity index (χ3n) is 7.46. The number of fused-ring (bicyclic) bond motifs is 1. The van der Waals surface area contributed by atoms with Crippen LogP contribution < -0.4 is 29.7 Å². The molecule has 1 aliphatic rings. The molecule has 1 aromatic heterocycles. The number of thiazole rings is 1. The summed E-state index contributed by atoms with van der Waals surface area (Å²) < 4.78 is 13.2. The van der Waals surface area contributed by atoms with E-state index in [1.807, 2.05) is 68.5 Å². The van der Waals surface area contributed by atoms with Crippen LogP contribution in [0.15, 0.2) is 87.8 Å². The maximum atomic E-state index is 14.1. The Morgan fingerprint density at radius 1 is 0.976 bits per heavy atom. The lowest BCUT2D eigenvalue weighted by atomic mass is 9.87. The summed E-state index contributed by atoms with van der Waals surface area (Å²) in [4.78, 5) is 33.3. The Hall–Kier alpha value is -4.43. The molecule has 7 nitrogen and oxygen atoms in total. The fourth-order valence-electron chi connectivity index (χ4n) is 5.08. The molecule has 0 saturated carbocycles. The third kappa shape index (κ3) is 5.54. The molecule has 4 aromatic rings. The Morgan fingerprint density at radius 2 is 1.67 bits per heavy atom. The van der Waals surface area contributed by atoms with Crippen LogP contribution >= 0.6 is 11.3 Å². The Morgan fingerprint density at radius 3 is 2.31 bits per heavy atom. The van der Waals surface area contributed by atoms with Crippen LogP contribution in [0.3, 0.4) is 0 Å². The van der Waals surface area contributed by atoms with Crippen LogP contribution in [-0.2, 0) is 10.2 Å². The Labute approximate surface area is 249 Å². The summed E-state index contributed by atoms with van der Waals surface area (Å²) in [7, 11) is 3.13. The second-order valence-electron chi connectivity index (χ2n) is 11.3. The van der Waals surface area contributed by atoms with Gasteiger partial charge in [0.2, 0.25) is 0 Å². The lowest BCUT2D eigenvalue weighted by Gasteiger charge is -2.26. The number of methoxy groups -OCH3 is 2. The number of hydrogen-bond donors (Lipinski definition) is 1. The third-order valence-corrected chi connectivity index (χ3v) is 8.44. The first-order chi connectivity index (χ1) is 20.0. The van der Waals surface area contributed by atoms with Gasteiger partial charge in [0.05, 0.1) is 36.1 Å². The molecule has 0 spiro atoms. The van der Waals surface area contributed by atoms with Crippen molar-refractivity contribution in [3.8, 4) is 11.5 Å². The maximum Gasteiger partial charge on any atom is 0.271 e. The van der Waals surface area contributed by atoms with Crippen molar-refractivity contribution in [3.63, 3.8) is 0 Å². The number of ether oxygens (including phenoxy) is 2. The number of carbonyl (C=O) groups is 1. The van der Waals surface area contributed by atoms with Crippen molar-refractivity contribution in [1.29, 1.82) is 0 Å². The number of amides is 1. The average molecular weight is 582 g/mol. The Balaban J connectivity index is 1.67. The van der Waals surface area contributed by atoms with Gasteiger partial charge in [-0.3, -0.25) is 14.2 Å². The van der Waals surface area contributed by atoms with E-state index in [2.05, 4.69) is 38.2 Å². The van der Waals surface area contributed by atoms with Gasteiger partial charge in [-0.05, 0) is 65.8 Å². The molecule has 1 N–H and O–H groups in total. The first kappa shape index (κ1) is 29.1. The molecule has 2 heterocycles. The number of hydrogen-bond acceptors (Lipinski definition) is 6. The molecule has 1 amide bonds. The van der Waals surface area contributed by atoms with Crippen LogP contribution in [-0.4, -0.2) is 24.7 Å². The molecule has 3 aromatic carbocycles. The fourth-order valence-corrected chi connectivity index (χ4v) is 6.13. The largest absolute Gasteiger partial charge is 0.493 e. The number of aromatic nitrogens is 1. The molecule has 5 rings (SSSR count). The van der Waals surface area contributed by atoms with E-state index >= 15 is 0 Å². The van der Waals surface area contributed by atoms with Crippen LogP contribution in [0.4, 0.5) is 5.69 Å². The van der Waals surface area contributed by atoms with Gasteiger partial charge in [-0.15, -0.1) is 0 Å². The van der Waals surface area contributed by atoms with Crippen molar-refractivity contribution in [2.75, 3.05) is 19.5 Å². The molecule has 0 saturated heterocycles. The highest BCUT2D eigenvalue weighted by atomic mass is 32.1. The number of benzene rings is 3. The highest BCUT2D eigenvalue weighted by Gasteiger charge is 2.33. The molecule has 0 aliphatic carbocycles. The highest BCUT2D eigenvalue weighted by Crippen LogP contribution is 2.36. The zero-order valence-corrected chi connectivity index (χ0v) is 25.8. The van der Waals surface area contributed by atoms with Gasteiger partial charge in [-0.25, -0.2) is 4.99 Å². The van der Waals surface area contributed by atoms with E-state index < -0.39 is 6.04 Å². The first-order valence-electron chi connectivity index (χ1n) is 13.7. The van der Waals surface area contributed by atoms with Crippen LogP contribution in [0, 0.1) is 6.92 Å². The molecule has 216 valence electrons.